The molecule has 2 aliphatic heterocycles. The minimum atomic E-state index is -6.12. The van der Waals surface area contributed by atoms with Gasteiger partial charge in [0.25, 0.3) is 5.60 Å². The molecular weight excluding hydrogens is 506 g/mol. The maximum atomic E-state index is 12.9. The van der Waals surface area contributed by atoms with Crippen LogP contribution in [0.1, 0.15) is 30.7 Å². The number of sulfonamides is 1. The molecule has 1 amide bonds. The van der Waals surface area contributed by atoms with Crippen molar-refractivity contribution in [1.29, 1.82) is 0 Å². The first-order chi connectivity index (χ1) is 16.1. The third-order valence-electron chi connectivity index (χ3n) is 6.68. The zero-order valence-electron chi connectivity index (χ0n) is 18.1. The number of piperidine rings is 1. The lowest BCUT2D eigenvalue weighted by Crippen LogP contribution is -2.64. The molecule has 0 radical (unpaired) electrons. The molecule has 2 aliphatic rings. The molecule has 8 nitrogen and oxygen atoms in total. The molecule has 0 aromatic carbocycles. The van der Waals surface area contributed by atoms with E-state index in [2.05, 4.69) is 9.97 Å². The summed E-state index contributed by atoms with van der Waals surface area (Å²) >= 11 is 0. The molecule has 0 atom stereocenters. The van der Waals surface area contributed by atoms with Crippen LogP contribution in [-0.2, 0) is 14.8 Å². The number of halogens is 6. The Morgan fingerprint density at radius 2 is 1.71 bits per heavy atom. The van der Waals surface area contributed by atoms with Gasteiger partial charge in [-0.2, -0.15) is 26.3 Å². The summed E-state index contributed by atoms with van der Waals surface area (Å²) in [5.74, 6) is -1.56. The molecule has 194 valence electrons. The number of carbonyl (C=O) groups is 1. The summed E-state index contributed by atoms with van der Waals surface area (Å²) in [5.41, 5.74) is -2.57. The summed E-state index contributed by atoms with van der Waals surface area (Å²) < 4.78 is 104. The maximum absolute atomic E-state index is 12.9. The highest BCUT2D eigenvalue weighted by Gasteiger charge is 2.71. The Kier molecular flexibility index (Phi) is 6.33. The van der Waals surface area contributed by atoms with Gasteiger partial charge in [-0.25, -0.2) is 12.7 Å². The van der Waals surface area contributed by atoms with E-state index in [9.17, 15) is 44.7 Å². The number of aliphatic hydroxyl groups is 1. The normalized spacial score (nSPS) is 19.8. The summed E-state index contributed by atoms with van der Waals surface area (Å²) in [4.78, 5) is 20.1. The summed E-state index contributed by atoms with van der Waals surface area (Å²) in [6.07, 6.45) is -10.0. The lowest BCUT2D eigenvalue weighted by molar-refractivity contribution is -0.367. The smallest absolute Gasteiger partial charge is 0.373 e. The molecule has 15 heteroatoms. The Morgan fingerprint density at radius 1 is 1.11 bits per heavy atom. The quantitative estimate of drug-likeness (QED) is 0.581. The van der Waals surface area contributed by atoms with E-state index >= 15 is 0 Å². The number of alkyl halides is 6. The van der Waals surface area contributed by atoms with E-state index in [1.54, 1.807) is 12.3 Å². The molecule has 4 heterocycles. The number of H-pyrrole nitrogens is 1. The monoisotopic (exact) mass is 528 g/mol. The number of fused-ring (bicyclic) bond motifs is 1. The first-order valence-corrected chi connectivity index (χ1v) is 12.2. The molecule has 0 unspecified atom stereocenters. The van der Waals surface area contributed by atoms with Gasteiger partial charge < -0.3 is 15.0 Å². The lowest BCUT2D eigenvalue weighted by atomic mass is 9.91. The van der Waals surface area contributed by atoms with E-state index < -0.39 is 58.6 Å². The second kappa shape index (κ2) is 8.62. The first-order valence-electron chi connectivity index (χ1n) is 10.7. The minimum Gasteiger partial charge on any atom is -0.373 e. The van der Waals surface area contributed by atoms with Crippen molar-refractivity contribution in [3.8, 4) is 0 Å². The van der Waals surface area contributed by atoms with Crippen molar-refractivity contribution < 1.29 is 44.7 Å². The largest absolute Gasteiger partial charge is 0.426 e. The molecule has 4 rings (SSSR count). The van der Waals surface area contributed by atoms with E-state index in [1.165, 1.54) is 4.31 Å². The third kappa shape index (κ3) is 4.48. The number of nitrogens with zero attached hydrogens (tertiary/aromatic N) is 3. The van der Waals surface area contributed by atoms with Crippen LogP contribution in [0.25, 0.3) is 11.0 Å². The first kappa shape index (κ1) is 25.7. The van der Waals surface area contributed by atoms with E-state index in [4.69, 9.17) is 0 Å². The Morgan fingerprint density at radius 3 is 2.29 bits per heavy atom. The van der Waals surface area contributed by atoms with Crippen LogP contribution in [0.4, 0.5) is 26.3 Å². The summed E-state index contributed by atoms with van der Waals surface area (Å²) in [5, 5.41) is 8.05. The molecule has 0 bridgehead atoms. The van der Waals surface area contributed by atoms with Crippen LogP contribution in [0.3, 0.4) is 0 Å². The summed E-state index contributed by atoms with van der Waals surface area (Å²) in [7, 11) is -3.92. The maximum Gasteiger partial charge on any atom is 0.426 e. The van der Waals surface area contributed by atoms with Crippen LogP contribution >= 0.6 is 0 Å². The second-order valence-corrected chi connectivity index (χ2v) is 11.0. The fourth-order valence-electron chi connectivity index (χ4n) is 4.44. The van der Waals surface area contributed by atoms with E-state index in [1.807, 2.05) is 12.3 Å². The average Bonchev–Trinajstić information content (AvgIpc) is 3.15. The number of amides is 1. The van der Waals surface area contributed by atoms with Crippen LogP contribution in [0.5, 0.6) is 0 Å². The Balaban J connectivity index is 1.35. The fraction of sp³-hybridized carbons (Fsp3) is 0.600. The number of aromatic amines is 1. The van der Waals surface area contributed by atoms with Crippen molar-refractivity contribution in [2.24, 2.45) is 0 Å². The predicted octanol–water partition coefficient (Wildman–Crippen LogP) is 2.53. The van der Waals surface area contributed by atoms with Crippen LogP contribution in [-0.4, -0.2) is 88.0 Å². The van der Waals surface area contributed by atoms with E-state index in [-0.39, 0.29) is 19.0 Å². The minimum absolute atomic E-state index is 0.0620. The lowest BCUT2D eigenvalue weighted by Gasteiger charge is -2.43. The number of rotatable bonds is 5. The predicted molar refractivity (Wildman–Crippen MR) is 111 cm³/mol. The third-order valence-corrected chi connectivity index (χ3v) is 8.91. The van der Waals surface area contributed by atoms with E-state index in [0.717, 1.165) is 16.6 Å². The Labute approximate surface area is 196 Å². The highest BCUT2D eigenvalue weighted by Crippen LogP contribution is 2.46. The Hall–Kier alpha value is -2.39. The van der Waals surface area contributed by atoms with Crippen molar-refractivity contribution in [2.75, 3.05) is 26.2 Å². The highest BCUT2D eigenvalue weighted by atomic mass is 32.2. The number of nitrogens with one attached hydrogen (secondary N) is 1. The SMILES string of the molecule is O=C(CC(O)(C(F)(F)F)C(F)(F)F)N1CC(S(=O)(=O)N2CCC(c3c[nH]c4cccnc34)CC2)C1. The number of hydrogen-bond donors (Lipinski definition) is 2. The zero-order chi connectivity index (χ0) is 25.8. The number of likely N-dealkylation sites (tertiary alicyclic amines) is 1. The van der Waals surface area contributed by atoms with Gasteiger partial charge in [0, 0.05) is 38.6 Å². The van der Waals surface area contributed by atoms with Gasteiger partial charge in [-0.15, -0.1) is 0 Å². The van der Waals surface area contributed by atoms with Gasteiger partial charge in [-0.05, 0) is 36.5 Å². The molecular formula is C20H22F6N4O4S. The van der Waals surface area contributed by atoms with Crippen molar-refractivity contribution in [3.05, 3.63) is 30.1 Å². The van der Waals surface area contributed by atoms with Crippen molar-refractivity contribution in [2.45, 2.75) is 48.4 Å². The molecule has 35 heavy (non-hydrogen) atoms. The second-order valence-electron chi connectivity index (χ2n) is 8.82. The average molecular weight is 528 g/mol. The van der Waals surface area contributed by atoms with Crippen molar-refractivity contribution in [3.63, 3.8) is 0 Å². The molecule has 0 saturated carbocycles. The number of hydrogen-bond acceptors (Lipinski definition) is 5. The number of pyridine rings is 1. The molecule has 0 aliphatic carbocycles. The van der Waals surface area contributed by atoms with Crippen LogP contribution < -0.4 is 0 Å². The molecule has 0 spiro atoms. The van der Waals surface area contributed by atoms with E-state index in [0.29, 0.717) is 17.7 Å². The molecule has 2 aromatic rings. The fourth-order valence-corrected chi connectivity index (χ4v) is 6.32. The van der Waals surface area contributed by atoms with Crippen LogP contribution in [0.15, 0.2) is 24.5 Å². The van der Waals surface area contributed by atoms with Crippen molar-refractivity contribution >= 4 is 27.0 Å². The van der Waals surface area contributed by atoms with Gasteiger partial charge in [0.1, 0.15) is 5.25 Å². The standard InChI is InChI=1S/C20H22F6N4O4S/c21-19(22,23)18(32,20(24,25)26)8-16(31)29-10-13(11-29)35(33,34)30-6-3-12(4-7-30)14-9-28-15-2-1-5-27-17(14)15/h1-2,5,9,12-13,28,32H,3-4,6-8,10-11H2. The van der Waals surface area contributed by atoms with Gasteiger partial charge in [-0.3, -0.25) is 9.78 Å². The van der Waals surface area contributed by atoms with Crippen molar-refractivity contribution in [1.82, 2.24) is 19.2 Å². The summed E-state index contributed by atoms with van der Waals surface area (Å²) in [6, 6.07) is 3.66. The van der Waals surface area contributed by atoms with Gasteiger partial charge in [0.05, 0.1) is 17.5 Å². The molecule has 2 fully saturated rings. The van der Waals surface area contributed by atoms with Gasteiger partial charge in [-0.1, -0.05) is 0 Å². The summed E-state index contributed by atoms with van der Waals surface area (Å²) in [6.45, 7) is -0.726. The number of aromatic nitrogens is 2. The van der Waals surface area contributed by atoms with Crippen LogP contribution in [0.2, 0.25) is 0 Å². The molecule has 2 aromatic heterocycles. The molecule has 2 saturated heterocycles. The Bertz CT molecular complexity index is 1180. The van der Waals surface area contributed by atoms with Gasteiger partial charge >= 0.3 is 12.4 Å². The highest BCUT2D eigenvalue weighted by molar-refractivity contribution is 7.89. The van der Waals surface area contributed by atoms with Crippen LogP contribution in [0, 0.1) is 0 Å². The topological polar surface area (TPSA) is 107 Å². The van der Waals surface area contributed by atoms with Gasteiger partial charge in [0.15, 0.2) is 0 Å². The number of carbonyl (C=O) groups excluding carboxylic acids is 1. The van der Waals surface area contributed by atoms with Gasteiger partial charge in [0.2, 0.25) is 15.9 Å². The zero-order valence-corrected chi connectivity index (χ0v) is 18.9. The molecule has 2 N–H and O–H groups in total.